The summed E-state index contributed by atoms with van der Waals surface area (Å²) in [5.74, 6) is 1.82. The molecule has 10 rings (SSSR count). The zero-order valence-electron chi connectivity index (χ0n) is 23.8. The summed E-state index contributed by atoms with van der Waals surface area (Å²) in [6.45, 7) is 0. The molecular formula is C42H25NO. The van der Waals surface area contributed by atoms with Crippen LogP contribution in [0.1, 0.15) is 0 Å². The van der Waals surface area contributed by atoms with Crippen LogP contribution in [0.4, 0.5) is 0 Å². The third-order valence-corrected chi connectivity index (χ3v) is 9.34. The molecule has 1 aromatic heterocycles. The van der Waals surface area contributed by atoms with Gasteiger partial charge in [0.15, 0.2) is 0 Å². The number of fused-ring (bicyclic) bond motifs is 7. The molecule has 1 aliphatic heterocycles. The lowest BCUT2D eigenvalue weighted by molar-refractivity contribution is 0.487. The molecule has 2 nitrogen and oxygen atoms in total. The molecule has 0 atom stereocenters. The maximum atomic E-state index is 6.44. The minimum Gasteiger partial charge on any atom is -0.456 e. The molecule has 0 radical (unpaired) electrons. The van der Waals surface area contributed by atoms with E-state index in [1.54, 1.807) is 0 Å². The van der Waals surface area contributed by atoms with E-state index >= 15 is 0 Å². The van der Waals surface area contributed by atoms with Crippen molar-refractivity contribution in [2.75, 3.05) is 0 Å². The molecule has 9 aromatic rings. The summed E-state index contributed by atoms with van der Waals surface area (Å²) in [6.07, 6.45) is 0. The van der Waals surface area contributed by atoms with E-state index in [1.165, 1.54) is 70.8 Å². The summed E-state index contributed by atoms with van der Waals surface area (Å²) in [4.78, 5) is 0. The Morgan fingerprint density at radius 3 is 1.91 bits per heavy atom. The number of benzene rings is 8. The predicted molar refractivity (Wildman–Crippen MR) is 184 cm³/mol. The third kappa shape index (κ3) is 3.25. The molecule has 8 aromatic carbocycles. The van der Waals surface area contributed by atoms with Gasteiger partial charge in [-0.1, -0.05) is 109 Å². The molecule has 0 fully saturated rings. The van der Waals surface area contributed by atoms with Gasteiger partial charge in [-0.15, -0.1) is 0 Å². The Morgan fingerprint density at radius 1 is 0.364 bits per heavy atom. The Hall–Kier alpha value is -5.86. The highest BCUT2D eigenvalue weighted by atomic mass is 16.5. The highest BCUT2D eigenvalue weighted by Crippen LogP contribution is 2.50. The summed E-state index contributed by atoms with van der Waals surface area (Å²) in [6, 6.07) is 54.9. The Balaban J connectivity index is 1.33. The molecule has 0 spiro atoms. The van der Waals surface area contributed by atoms with E-state index in [0.29, 0.717) is 0 Å². The van der Waals surface area contributed by atoms with E-state index in [9.17, 15) is 0 Å². The molecule has 2 heteroatoms. The van der Waals surface area contributed by atoms with E-state index in [0.717, 1.165) is 22.7 Å². The second-order valence-electron chi connectivity index (χ2n) is 11.7. The highest BCUT2D eigenvalue weighted by molar-refractivity contribution is 6.21. The van der Waals surface area contributed by atoms with Gasteiger partial charge >= 0.3 is 0 Å². The molecule has 1 aliphatic rings. The van der Waals surface area contributed by atoms with Crippen LogP contribution in [0.5, 0.6) is 11.5 Å². The monoisotopic (exact) mass is 559 g/mol. The summed E-state index contributed by atoms with van der Waals surface area (Å²) < 4.78 is 8.88. The smallest absolute Gasteiger partial charge is 0.135 e. The number of rotatable bonds is 2. The molecule has 0 amide bonds. The summed E-state index contributed by atoms with van der Waals surface area (Å²) in [5, 5.41) is 9.86. The third-order valence-electron chi connectivity index (χ3n) is 9.34. The van der Waals surface area contributed by atoms with Gasteiger partial charge in [-0.05, 0) is 86.1 Å². The maximum absolute atomic E-state index is 6.44. The Labute approximate surface area is 254 Å². The fraction of sp³-hybridized carbons (Fsp3) is 0. The second-order valence-corrected chi connectivity index (χ2v) is 11.7. The second kappa shape index (κ2) is 8.82. The maximum Gasteiger partial charge on any atom is 0.135 e. The van der Waals surface area contributed by atoms with Crippen molar-refractivity contribution in [1.82, 2.24) is 4.57 Å². The van der Waals surface area contributed by atoms with Crippen molar-refractivity contribution in [3.05, 3.63) is 152 Å². The normalized spacial score (nSPS) is 12.3. The SMILES string of the molecule is c1ccc2c(c1)Oc1ccc(-c3cccc4c3c3cc5ccccc5cc3n4-c3ccc4ccccc4c3)c3cccc-2c13. The lowest BCUT2D eigenvalue weighted by atomic mass is 9.89. The zero-order chi connectivity index (χ0) is 28.8. The van der Waals surface area contributed by atoms with E-state index in [4.69, 9.17) is 4.74 Å². The molecule has 0 saturated heterocycles. The van der Waals surface area contributed by atoms with Crippen LogP contribution in [0.3, 0.4) is 0 Å². The van der Waals surface area contributed by atoms with Crippen LogP contribution in [0.15, 0.2) is 152 Å². The van der Waals surface area contributed by atoms with Crippen molar-refractivity contribution < 1.29 is 4.74 Å². The highest BCUT2D eigenvalue weighted by Gasteiger charge is 2.23. The zero-order valence-corrected chi connectivity index (χ0v) is 23.8. The van der Waals surface area contributed by atoms with Gasteiger partial charge in [0.25, 0.3) is 0 Å². The Kier molecular flexibility index (Phi) is 4.75. The molecule has 44 heavy (non-hydrogen) atoms. The van der Waals surface area contributed by atoms with Crippen molar-refractivity contribution in [3.8, 4) is 39.4 Å². The van der Waals surface area contributed by atoms with E-state index in [-0.39, 0.29) is 0 Å². The molecular weight excluding hydrogens is 534 g/mol. The fourth-order valence-electron chi connectivity index (χ4n) is 7.39. The number of hydrogen-bond donors (Lipinski definition) is 0. The predicted octanol–water partition coefficient (Wildman–Crippen LogP) is 11.7. The first-order chi connectivity index (χ1) is 21.8. The van der Waals surface area contributed by atoms with Crippen molar-refractivity contribution in [2.24, 2.45) is 0 Å². The van der Waals surface area contributed by atoms with Crippen LogP contribution >= 0.6 is 0 Å². The molecule has 0 saturated carbocycles. The topological polar surface area (TPSA) is 14.2 Å². The van der Waals surface area contributed by atoms with Crippen LogP contribution in [0.2, 0.25) is 0 Å². The van der Waals surface area contributed by atoms with Crippen LogP contribution in [-0.2, 0) is 0 Å². The van der Waals surface area contributed by atoms with Crippen LogP contribution in [0.25, 0.3) is 82.1 Å². The summed E-state index contributed by atoms with van der Waals surface area (Å²) >= 11 is 0. The van der Waals surface area contributed by atoms with Gasteiger partial charge < -0.3 is 9.30 Å². The lowest BCUT2D eigenvalue weighted by Crippen LogP contribution is -1.97. The lowest BCUT2D eigenvalue weighted by Gasteiger charge is -2.22. The summed E-state index contributed by atoms with van der Waals surface area (Å²) in [5.41, 5.74) is 8.37. The first-order valence-corrected chi connectivity index (χ1v) is 15.1. The van der Waals surface area contributed by atoms with Crippen molar-refractivity contribution in [1.29, 1.82) is 0 Å². The van der Waals surface area contributed by atoms with Crippen molar-refractivity contribution >= 4 is 54.1 Å². The molecule has 0 N–H and O–H groups in total. The van der Waals surface area contributed by atoms with E-state index in [2.05, 4.69) is 150 Å². The number of hydrogen-bond acceptors (Lipinski definition) is 1. The number of ether oxygens (including phenoxy) is 1. The molecule has 2 heterocycles. The quantitative estimate of drug-likeness (QED) is 0.205. The van der Waals surface area contributed by atoms with Gasteiger partial charge in [-0.25, -0.2) is 0 Å². The van der Waals surface area contributed by atoms with E-state index < -0.39 is 0 Å². The molecule has 204 valence electrons. The fourth-order valence-corrected chi connectivity index (χ4v) is 7.39. The van der Waals surface area contributed by atoms with Crippen molar-refractivity contribution in [2.45, 2.75) is 0 Å². The Bertz CT molecular complexity index is 2640. The van der Waals surface area contributed by atoms with Crippen LogP contribution in [-0.4, -0.2) is 4.57 Å². The van der Waals surface area contributed by atoms with Gasteiger partial charge in [0.2, 0.25) is 0 Å². The number of para-hydroxylation sites is 1. The first kappa shape index (κ1) is 23.7. The van der Waals surface area contributed by atoms with Gasteiger partial charge in [0.05, 0.1) is 11.0 Å². The Morgan fingerprint density at radius 2 is 1.05 bits per heavy atom. The number of aromatic nitrogens is 1. The van der Waals surface area contributed by atoms with Crippen LogP contribution in [0, 0.1) is 0 Å². The molecule has 0 unspecified atom stereocenters. The van der Waals surface area contributed by atoms with Gasteiger partial charge in [-0.2, -0.15) is 0 Å². The summed E-state index contributed by atoms with van der Waals surface area (Å²) in [7, 11) is 0. The van der Waals surface area contributed by atoms with E-state index in [1.807, 2.05) is 6.07 Å². The molecule has 0 bridgehead atoms. The van der Waals surface area contributed by atoms with Gasteiger partial charge in [-0.3, -0.25) is 0 Å². The average molecular weight is 560 g/mol. The molecule has 0 aliphatic carbocycles. The first-order valence-electron chi connectivity index (χ1n) is 15.1. The largest absolute Gasteiger partial charge is 0.456 e. The average Bonchev–Trinajstić information content (AvgIpc) is 3.40. The van der Waals surface area contributed by atoms with Gasteiger partial charge in [0, 0.05) is 27.4 Å². The number of nitrogens with zero attached hydrogens (tertiary/aromatic N) is 1. The minimum atomic E-state index is 0.910. The van der Waals surface area contributed by atoms with Crippen molar-refractivity contribution in [3.63, 3.8) is 0 Å². The minimum absolute atomic E-state index is 0.910. The van der Waals surface area contributed by atoms with Gasteiger partial charge in [0.1, 0.15) is 11.5 Å². The van der Waals surface area contributed by atoms with Crippen LogP contribution < -0.4 is 4.74 Å². The standard InChI is InChI=1S/C42H25NO/c1-2-10-27-23-30(20-19-26(27)9-1)43-37-17-8-16-33(41(37)36-24-28-11-3-4-12-29(28)25-38(36)43)31-21-22-40-42-34(31)14-7-15-35(42)32-13-5-6-18-39(32)44-40/h1-25H.